The Kier molecular flexibility index (Phi) is 4.49. The van der Waals surface area contributed by atoms with Crippen molar-refractivity contribution < 1.29 is 4.74 Å². The number of methoxy groups -OCH3 is 1. The third kappa shape index (κ3) is 2.97. The molecule has 1 N–H and O–H groups in total. The van der Waals surface area contributed by atoms with E-state index in [1.807, 2.05) is 6.07 Å². The van der Waals surface area contributed by atoms with Gasteiger partial charge in [0.25, 0.3) is 0 Å². The van der Waals surface area contributed by atoms with Crippen LogP contribution in [0, 0.1) is 0 Å². The molecule has 126 valence electrons. The molecule has 4 heteroatoms. The highest BCUT2D eigenvalue weighted by molar-refractivity contribution is 5.85. The fourth-order valence-electron chi connectivity index (χ4n) is 3.19. The van der Waals surface area contributed by atoms with Crippen LogP contribution in [0.5, 0.6) is 5.75 Å². The molecule has 0 spiro atoms. The number of rotatable bonds is 5. The molecule has 2 aromatic carbocycles. The predicted molar refractivity (Wildman–Crippen MR) is 101 cm³/mol. The molecule has 0 saturated heterocycles. The monoisotopic (exact) mass is 323 g/mol. The molecule has 0 radical (unpaired) electrons. The number of nitrogens with one attached hydrogen (secondary N) is 1. The van der Waals surface area contributed by atoms with Gasteiger partial charge in [-0.15, -0.1) is 0 Å². The summed E-state index contributed by atoms with van der Waals surface area (Å²) < 4.78 is 5.40. The molecule has 0 aliphatic heterocycles. The van der Waals surface area contributed by atoms with Crippen molar-refractivity contribution >= 4 is 16.6 Å². The van der Waals surface area contributed by atoms with Gasteiger partial charge in [0, 0.05) is 36.9 Å². The van der Waals surface area contributed by atoms with Crippen molar-refractivity contribution in [3.05, 3.63) is 59.8 Å². The van der Waals surface area contributed by atoms with Crippen LogP contribution in [-0.4, -0.2) is 45.2 Å². The van der Waals surface area contributed by atoms with Crippen molar-refractivity contribution in [1.82, 2.24) is 9.88 Å². The van der Waals surface area contributed by atoms with Gasteiger partial charge in [-0.2, -0.15) is 0 Å². The average molecular weight is 323 g/mol. The number of hydrogen-bond acceptors (Lipinski definition) is 3. The van der Waals surface area contributed by atoms with Crippen LogP contribution in [0.2, 0.25) is 0 Å². The molecule has 24 heavy (non-hydrogen) atoms. The second-order valence-corrected chi connectivity index (χ2v) is 6.51. The van der Waals surface area contributed by atoms with Crippen molar-refractivity contribution in [2.45, 2.75) is 6.04 Å². The summed E-state index contributed by atoms with van der Waals surface area (Å²) in [5.41, 5.74) is 4.86. The molecule has 0 fully saturated rings. The Morgan fingerprint density at radius 1 is 0.958 bits per heavy atom. The molecule has 1 unspecified atom stereocenters. The van der Waals surface area contributed by atoms with Crippen LogP contribution in [0.3, 0.4) is 0 Å². The number of ether oxygens (including phenoxy) is 1. The Morgan fingerprint density at radius 3 is 2.25 bits per heavy atom. The summed E-state index contributed by atoms with van der Waals surface area (Å²) in [5, 5.41) is 1.20. The highest BCUT2D eigenvalue weighted by Crippen LogP contribution is 2.34. The molecular weight excluding hydrogens is 298 g/mol. The van der Waals surface area contributed by atoms with Gasteiger partial charge in [-0.3, -0.25) is 4.90 Å². The van der Waals surface area contributed by atoms with Crippen LogP contribution >= 0.6 is 0 Å². The fraction of sp³-hybridized carbons (Fsp3) is 0.300. The minimum absolute atomic E-state index is 0.182. The molecule has 0 amide bonds. The van der Waals surface area contributed by atoms with E-state index in [-0.39, 0.29) is 6.04 Å². The maximum Gasteiger partial charge on any atom is 0.119 e. The lowest BCUT2D eigenvalue weighted by Gasteiger charge is -2.25. The lowest BCUT2D eigenvalue weighted by molar-refractivity contribution is 0.344. The van der Waals surface area contributed by atoms with Crippen LogP contribution in [0.1, 0.15) is 17.2 Å². The largest absolute Gasteiger partial charge is 0.497 e. The molecular formula is C20H25N3O. The van der Waals surface area contributed by atoms with E-state index in [0.29, 0.717) is 0 Å². The highest BCUT2D eigenvalue weighted by Gasteiger charge is 2.20. The summed E-state index contributed by atoms with van der Waals surface area (Å²) in [5.74, 6) is 0.879. The van der Waals surface area contributed by atoms with Crippen LogP contribution in [0.15, 0.2) is 48.7 Å². The van der Waals surface area contributed by atoms with Crippen molar-refractivity contribution in [3.63, 3.8) is 0 Å². The minimum atomic E-state index is 0.182. The Hall–Kier alpha value is -2.46. The van der Waals surface area contributed by atoms with Gasteiger partial charge in [-0.25, -0.2) is 0 Å². The Labute approximate surface area is 143 Å². The first kappa shape index (κ1) is 16.4. The molecule has 1 aromatic heterocycles. The first-order chi connectivity index (χ1) is 11.5. The van der Waals surface area contributed by atoms with Crippen LogP contribution in [0.25, 0.3) is 10.9 Å². The Balaban J connectivity index is 2.08. The molecule has 0 saturated carbocycles. The van der Waals surface area contributed by atoms with E-state index >= 15 is 0 Å². The number of hydrogen-bond donors (Lipinski definition) is 1. The zero-order valence-electron chi connectivity index (χ0n) is 15.0. The number of aromatic nitrogens is 1. The van der Waals surface area contributed by atoms with E-state index in [0.717, 1.165) is 11.3 Å². The van der Waals surface area contributed by atoms with E-state index in [4.69, 9.17) is 4.74 Å². The summed E-state index contributed by atoms with van der Waals surface area (Å²) >= 11 is 0. The molecule has 1 heterocycles. The maximum atomic E-state index is 5.40. The zero-order chi connectivity index (χ0) is 17.3. The van der Waals surface area contributed by atoms with E-state index in [1.54, 1.807) is 7.11 Å². The molecule has 0 aliphatic rings. The smallest absolute Gasteiger partial charge is 0.119 e. The minimum Gasteiger partial charge on any atom is -0.497 e. The summed E-state index contributed by atoms with van der Waals surface area (Å²) in [6, 6.07) is 15.1. The van der Waals surface area contributed by atoms with Gasteiger partial charge >= 0.3 is 0 Å². The van der Waals surface area contributed by atoms with Gasteiger partial charge in [0.2, 0.25) is 0 Å². The second kappa shape index (κ2) is 6.57. The molecule has 0 aliphatic carbocycles. The van der Waals surface area contributed by atoms with Crippen molar-refractivity contribution in [1.29, 1.82) is 0 Å². The number of anilines is 1. The summed E-state index contributed by atoms with van der Waals surface area (Å²) in [7, 11) is 10.1. The van der Waals surface area contributed by atoms with Gasteiger partial charge in [0.05, 0.1) is 13.2 Å². The van der Waals surface area contributed by atoms with E-state index in [9.17, 15) is 0 Å². The lowest BCUT2D eigenvalue weighted by atomic mass is 9.97. The van der Waals surface area contributed by atoms with Crippen molar-refractivity contribution in [3.8, 4) is 5.75 Å². The lowest BCUT2D eigenvalue weighted by Crippen LogP contribution is -2.21. The van der Waals surface area contributed by atoms with Gasteiger partial charge < -0.3 is 14.6 Å². The van der Waals surface area contributed by atoms with Crippen LogP contribution in [-0.2, 0) is 0 Å². The topological polar surface area (TPSA) is 31.5 Å². The van der Waals surface area contributed by atoms with Crippen molar-refractivity contribution in [2.24, 2.45) is 0 Å². The molecule has 0 bridgehead atoms. The van der Waals surface area contributed by atoms with Crippen molar-refractivity contribution in [2.75, 3.05) is 40.2 Å². The van der Waals surface area contributed by atoms with Gasteiger partial charge in [-0.05, 0) is 55.6 Å². The predicted octanol–water partition coefficient (Wildman–Crippen LogP) is 3.89. The molecule has 3 aromatic rings. The number of nitrogens with zero attached hydrogens (tertiary/aromatic N) is 2. The van der Waals surface area contributed by atoms with Gasteiger partial charge in [-0.1, -0.05) is 12.1 Å². The number of fused-ring (bicyclic) bond motifs is 1. The highest BCUT2D eigenvalue weighted by atomic mass is 16.5. The van der Waals surface area contributed by atoms with E-state index in [1.165, 1.54) is 22.2 Å². The van der Waals surface area contributed by atoms with Crippen LogP contribution in [0.4, 0.5) is 5.69 Å². The van der Waals surface area contributed by atoms with Gasteiger partial charge in [0.15, 0.2) is 0 Å². The van der Waals surface area contributed by atoms with E-state index < -0.39 is 0 Å². The number of aromatic amines is 1. The summed E-state index contributed by atoms with van der Waals surface area (Å²) in [6.45, 7) is 0. The number of H-pyrrole nitrogens is 1. The standard InChI is InChI=1S/C20H25N3O/c1-22(2)15-8-6-14(7-9-15)20(23(3)4)18-13-21-19-11-10-16(24-5)12-17(18)19/h6-13,20-21H,1-5H3. The first-order valence-electron chi connectivity index (χ1n) is 8.10. The SMILES string of the molecule is COc1ccc2[nH]cc(C(c3ccc(N(C)C)cc3)N(C)C)c2c1. The third-order valence-corrected chi connectivity index (χ3v) is 4.46. The zero-order valence-corrected chi connectivity index (χ0v) is 15.0. The molecule has 1 atom stereocenters. The molecule has 4 nitrogen and oxygen atoms in total. The average Bonchev–Trinajstić information content (AvgIpc) is 2.98. The van der Waals surface area contributed by atoms with Gasteiger partial charge in [0.1, 0.15) is 5.75 Å². The Bertz CT molecular complexity index is 819. The normalized spacial score (nSPS) is 12.6. The fourth-order valence-corrected chi connectivity index (χ4v) is 3.19. The first-order valence-corrected chi connectivity index (χ1v) is 8.10. The van der Waals surface area contributed by atoms with E-state index in [2.05, 4.69) is 85.6 Å². The molecule has 3 rings (SSSR count). The Morgan fingerprint density at radius 2 is 1.67 bits per heavy atom. The summed E-state index contributed by atoms with van der Waals surface area (Å²) in [6.07, 6.45) is 2.11. The van der Waals surface area contributed by atoms with Crippen LogP contribution < -0.4 is 9.64 Å². The quantitative estimate of drug-likeness (QED) is 0.773. The maximum absolute atomic E-state index is 5.40. The number of benzene rings is 2. The second-order valence-electron chi connectivity index (χ2n) is 6.51. The third-order valence-electron chi connectivity index (χ3n) is 4.46. The summed E-state index contributed by atoms with van der Waals surface area (Å²) in [4.78, 5) is 7.74.